The third-order valence-electron chi connectivity index (χ3n) is 2.98. The van der Waals surface area contributed by atoms with E-state index in [0.717, 1.165) is 12.4 Å². The van der Waals surface area contributed by atoms with Crippen molar-refractivity contribution in [1.29, 1.82) is 0 Å². The maximum Gasteiger partial charge on any atom is 0.218 e. The van der Waals surface area contributed by atoms with Crippen molar-refractivity contribution < 1.29 is 4.74 Å². The highest BCUT2D eigenvalue weighted by atomic mass is 16.5. The summed E-state index contributed by atoms with van der Waals surface area (Å²) in [6.45, 7) is 5.68. The number of hydrogen-bond donors (Lipinski definition) is 1. The Labute approximate surface area is 102 Å². The SMILES string of the molecule is COc1cc(NC(C)CN2CCCC2)ncn1. The molecule has 1 aromatic rings. The molecule has 5 heteroatoms. The predicted octanol–water partition coefficient (Wildman–Crippen LogP) is 1.38. The van der Waals surface area contributed by atoms with E-state index in [-0.39, 0.29) is 0 Å². The molecule has 1 aliphatic rings. The number of anilines is 1. The highest BCUT2D eigenvalue weighted by Gasteiger charge is 2.14. The summed E-state index contributed by atoms with van der Waals surface area (Å²) < 4.78 is 5.07. The van der Waals surface area contributed by atoms with Crippen molar-refractivity contribution in [2.45, 2.75) is 25.8 Å². The highest BCUT2D eigenvalue weighted by molar-refractivity contribution is 5.37. The van der Waals surface area contributed by atoms with Gasteiger partial charge in [0.05, 0.1) is 7.11 Å². The number of rotatable bonds is 5. The largest absolute Gasteiger partial charge is 0.481 e. The lowest BCUT2D eigenvalue weighted by atomic mass is 10.3. The van der Waals surface area contributed by atoms with Gasteiger partial charge in [0.1, 0.15) is 12.1 Å². The van der Waals surface area contributed by atoms with Gasteiger partial charge in [-0.3, -0.25) is 0 Å². The van der Waals surface area contributed by atoms with Crippen molar-refractivity contribution in [1.82, 2.24) is 14.9 Å². The Morgan fingerprint density at radius 3 is 2.88 bits per heavy atom. The first kappa shape index (κ1) is 12.1. The highest BCUT2D eigenvalue weighted by Crippen LogP contribution is 2.13. The Bertz CT molecular complexity index is 352. The van der Waals surface area contributed by atoms with E-state index >= 15 is 0 Å². The van der Waals surface area contributed by atoms with E-state index in [1.807, 2.05) is 6.07 Å². The van der Waals surface area contributed by atoms with Gasteiger partial charge in [-0.15, -0.1) is 0 Å². The van der Waals surface area contributed by atoms with Crippen LogP contribution in [-0.4, -0.2) is 47.7 Å². The second kappa shape index (κ2) is 5.82. The molecule has 0 amide bonds. The Balaban J connectivity index is 1.85. The topological polar surface area (TPSA) is 50.3 Å². The van der Waals surface area contributed by atoms with Gasteiger partial charge in [-0.1, -0.05) is 0 Å². The molecular weight excluding hydrogens is 216 g/mol. The van der Waals surface area contributed by atoms with E-state index in [1.165, 1.54) is 32.3 Å². The molecule has 1 aliphatic heterocycles. The molecule has 1 fully saturated rings. The molecule has 2 rings (SSSR count). The van der Waals surface area contributed by atoms with Crippen molar-refractivity contribution in [2.24, 2.45) is 0 Å². The van der Waals surface area contributed by atoms with E-state index in [1.54, 1.807) is 7.11 Å². The van der Waals surface area contributed by atoms with Gasteiger partial charge in [0.15, 0.2) is 0 Å². The molecule has 0 aliphatic carbocycles. The second-order valence-corrected chi connectivity index (χ2v) is 4.50. The molecule has 1 aromatic heterocycles. The Hall–Kier alpha value is -1.36. The number of likely N-dealkylation sites (tertiary alicyclic amines) is 1. The quantitative estimate of drug-likeness (QED) is 0.837. The zero-order valence-corrected chi connectivity index (χ0v) is 10.5. The molecule has 1 atom stereocenters. The van der Waals surface area contributed by atoms with E-state index < -0.39 is 0 Å². The molecule has 0 spiro atoms. The van der Waals surface area contributed by atoms with Crippen molar-refractivity contribution in [3.63, 3.8) is 0 Å². The normalized spacial score (nSPS) is 18.0. The number of methoxy groups -OCH3 is 1. The van der Waals surface area contributed by atoms with Gasteiger partial charge in [0, 0.05) is 18.7 Å². The fourth-order valence-electron chi connectivity index (χ4n) is 2.18. The smallest absolute Gasteiger partial charge is 0.218 e. The first-order chi connectivity index (χ1) is 8.28. The lowest BCUT2D eigenvalue weighted by Crippen LogP contribution is -2.33. The number of hydrogen-bond acceptors (Lipinski definition) is 5. The van der Waals surface area contributed by atoms with Crippen LogP contribution in [0.3, 0.4) is 0 Å². The van der Waals surface area contributed by atoms with Crippen LogP contribution in [0.15, 0.2) is 12.4 Å². The zero-order chi connectivity index (χ0) is 12.1. The van der Waals surface area contributed by atoms with Crippen LogP contribution in [0.5, 0.6) is 5.88 Å². The fourth-order valence-corrected chi connectivity index (χ4v) is 2.18. The van der Waals surface area contributed by atoms with Crippen molar-refractivity contribution in [3.05, 3.63) is 12.4 Å². The molecule has 1 N–H and O–H groups in total. The monoisotopic (exact) mass is 236 g/mol. The van der Waals surface area contributed by atoms with Gasteiger partial charge in [-0.25, -0.2) is 9.97 Å². The van der Waals surface area contributed by atoms with Crippen LogP contribution < -0.4 is 10.1 Å². The fraction of sp³-hybridized carbons (Fsp3) is 0.667. The van der Waals surface area contributed by atoms with Crippen molar-refractivity contribution >= 4 is 5.82 Å². The second-order valence-electron chi connectivity index (χ2n) is 4.50. The maximum absolute atomic E-state index is 5.07. The molecule has 2 heterocycles. The molecule has 1 unspecified atom stereocenters. The third kappa shape index (κ3) is 3.56. The predicted molar refractivity (Wildman–Crippen MR) is 67.3 cm³/mol. The molecule has 0 saturated carbocycles. The maximum atomic E-state index is 5.07. The molecule has 1 saturated heterocycles. The van der Waals surface area contributed by atoms with Gasteiger partial charge in [0.2, 0.25) is 5.88 Å². The summed E-state index contributed by atoms with van der Waals surface area (Å²) >= 11 is 0. The van der Waals surface area contributed by atoms with Crippen molar-refractivity contribution in [3.8, 4) is 5.88 Å². The van der Waals surface area contributed by atoms with Gasteiger partial charge in [0.25, 0.3) is 0 Å². The minimum absolute atomic E-state index is 0.382. The van der Waals surface area contributed by atoms with E-state index in [4.69, 9.17) is 4.74 Å². The summed E-state index contributed by atoms with van der Waals surface area (Å²) in [5.74, 6) is 1.42. The zero-order valence-electron chi connectivity index (χ0n) is 10.5. The first-order valence-corrected chi connectivity index (χ1v) is 6.13. The average molecular weight is 236 g/mol. The van der Waals surface area contributed by atoms with Crippen molar-refractivity contribution in [2.75, 3.05) is 32.1 Å². The Morgan fingerprint density at radius 1 is 1.41 bits per heavy atom. The minimum atomic E-state index is 0.382. The van der Waals surface area contributed by atoms with Crippen LogP contribution in [0, 0.1) is 0 Å². The standard InChI is InChI=1S/C12H20N4O/c1-10(8-16-5-3-4-6-16)15-11-7-12(17-2)14-9-13-11/h7,9-10H,3-6,8H2,1-2H3,(H,13,14,15). The van der Waals surface area contributed by atoms with Gasteiger partial charge in [-0.05, 0) is 32.9 Å². The number of ether oxygens (including phenoxy) is 1. The molecule has 17 heavy (non-hydrogen) atoms. The van der Waals surface area contributed by atoms with E-state index in [0.29, 0.717) is 11.9 Å². The van der Waals surface area contributed by atoms with Crippen LogP contribution >= 0.6 is 0 Å². The molecule has 0 bridgehead atoms. The summed E-state index contributed by atoms with van der Waals surface area (Å²) in [4.78, 5) is 10.6. The van der Waals surface area contributed by atoms with E-state index in [2.05, 4.69) is 27.1 Å². The molecule has 5 nitrogen and oxygen atoms in total. The lowest BCUT2D eigenvalue weighted by Gasteiger charge is -2.21. The van der Waals surface area contributed by atoms with Crippen LogP contribution in [-0.2, 0) is 0 Å². The van der Waals surface area contributed by atoms with Crippen LogP contribution in [0.2, 0.25) is 0 Å². The molecule has 0 aromatic carbocycles. The van der Waals surface area contributed by atoms with E-state index in [9.17, 15) is 0 Å². The number of nitrogens with one attached hydrogen (secondary N) is 1. The summed E-state index contributed by atoms with van der Waals surface area (Å²) in [5, 5.41) is 3.37. The number of aromatic nitrogens is 2. The van der Waals surface area contributed by atoms with Crippen LogP contribution in [0.25, 0.3) is 0 Å². The lowest BCUT2D eigenvalue weighted by molar-refractivity contribution is 0.327. The van der Waals surface area contributed by atoms with Crippen LogP contribution in [0.1, 0.15) is 19.8 Å². The minimum Gasteiger partial charge on any atom is -0.481 e. The summed E-state index contributed by atoms with van der Waals surface area (Å²) in [5.41, 5.74) is 0. The van der Waals surface area contributed by atoms with Crippen LogP contribution in [0.4, 0.5) is 5.82 Å². The first-order valence-electron chi connectivity index (χ1n) is 6.13. The Kier molecular flexibility index (Phi) is 4.14. The average Bonchev–Trinajstić information content (AvgIpc) is 2.82. The molecule has 94 valence electrons. The number of nitrogens with zero attached hydrogens (tertiary/aromatic N) is 3. The summed E-state index contributed by atoms with van der Waals surface area (Å²) in [6.07, 6.45) is 4.17. The summed E-state index contributed by atoms with van der Waals surface area (Å²) in [6, 6.07) is 2.20. The summed E-state index contributed by atoms with van der Waals surface area (Å²) in [7, 11) is 1.61. The van der Waals surface area contributed by atoms with Gasteiger partial charge < -0.3 is 15.0 Å². The van der Waals surface area contributed by atoms with Gasteiger partial charge in [-0.2, -0.15) is 0 Å². The molecule has 0 radical (unpaired) electrons. The molecular formula is C12H20N4O. The Morgan fingerprint density at radius 2 is 2.18 bits per heavy atom. The third-order valence-corrected chi connectivity index (χ3v) is 2.98. The van der Waals surface area contributed by atoms with Gasteiger partial charge >= 0.3 is 0 Å².